The Hall–Kier alpha value is -1.59. The fourth-order valence-electron chi connectivity index (χ4n) is 3.38. The zero-order valence-electron chi connectivity index (χ0n) is 15.7. The van der Waals surface area contributed by atoms with Crippen LogP contribution in [0.5, 0.6) is 0 Å². The van der Waals surface area contributed by atoms with Crippen molar-refractivity contribution < 1.29 is 9.53 Å². The van der Waals surface area contributed by atoms with Crippen molar-refractivity contribution in [1.29, 1.82) is 0 Å². The van der Waals surface area contributed by atoms with Gasteiger partial charge in [-0.3, -0.25) is 4.90 Å². The number of benzene rings is 1. The van der Waals surface area contributed by atoms with Gasteiger partial charge in [0.25, 0.3) is 0 Å². The van der Waals surface area contributed by atoms with E-state index in [4.69, 9.17) is 4.74 Å². The summed E-state index contributed by atoms with van der Waals surface area (Å²) < 4.78 is 5.02. The Morgan fingerprint density at radius 1 is 1.20 bits per heavy atom. The summed E-state index contributed by atoms with van der Waals surface area (Å²) in [5, 5.41) is 5.99. The molecule has 1 unspecified atom stereocenters. The molecule has 1 aliphatic rings. The standard InChI is InChI=1S/C20H33N3O2/c1-3-19(15-22-20(24)21-12-7-4-8-14-25-2)23-13-11-17-9-5-6-10-18(17)16-23/h5-6,9-10,19H,3-4,7-8,11-16H2,1-2H3,(H2,21,22,24). The number of fused-ring (bicyclic) bond motifs is 1. The summed E-state index contributed by atoms with van der Waals surface area (Å²) in [5.74, 6) is 0. The van der Waals surface area contributed by atoms with Crippen LogP contribution in [-0.2, 0) is 17.7 Å². The van der Waals surface area contributed by atoms with Crippen LogP contribution in [-0.4, -0.2) is 50.3 Å². The first kappa shape index (κ1) is 19.7. The average molecular weight is 348 g/mol. The van der Waals surface area contributed by atoms with Crippen molar-refractivity contribution in [2.45, 2.75) is 51.6 Å². The van der Waals surface area contributed by atoms with Crippen molar-refractivity contribution in [1.82, 2.24) is 15.5 Å². The lowest BCUT2D eigenvalue weighted by Crippen LogP contribution is -2.47. The molecule has 1 aromatic rings. The Kier molecular flexibility index (Phi) is 8.77. The second-order valence-corrected chi connectivity index (χ2v) is 6.74. The highest BCUT2D eigenvalue weighted by Crippen LogP contribution is 2.21. The minimum Gasteiger partial charge on any atom is -0.385 e. The minimum atomic E-state index is -0.0531. The van der Waals surface area contributed by atoms with Gasteiger partial charge in [-0.25, -0.2) is 4.79 Å². The molecule has 2 N–H and O–H groups in total. The van der Waals surface area contributed by atoms with E-state index in [1.54, 1.807) is 7.11 Å². The minimum absolute atomic E-state index is 0.0531. The van der Waals surface area contributed by atoms with Gasteiger partial charge in [-0.15, -0.1) is 0 Å². The number of unbranched alkanes of at least 4 members (excludes halogenated alkanes) is 2. The second kappa shape index (κ2) is 11.1. The number of carbonyl (C=O) groups is 1. The molecule has 25 heavy (non-hydrogen) atoms. The lowest BCUT2D eigenvalue weighted by atomic mass is 9.98. The van der Waals surface area contributed by atoms with Gasteiger partial charge in [-0.2, -0.15) is 0 Å². The topological polar surface area (TPSA) is 53.6 Å². The SMILES string of the molecule is CCC(CNC(=O)NCCCCCOC)N1CCc2ccccc2C1. The van der Waals surface area contributed by atoms with Gasteiger partial charge < -0.3 is 15.4 Å². The highest BCUT2D eigenvalue weighted by atomic mass is 16.5. The van der Waals surface area contributed by atoms with E-state index in [-0.39, 0.29) is 6.03 Å². The average Bonchev–Trinajstić information content (AvgIpc) is 2.65. The Morgan fingerprint density at radius 2 is 2.00 bits per heavy atom. The molecule has 140 valence electrons. The molecule has 0 radical (unpaired) electrons. The maximum atomic E-state index is 12.0. The quantitative estimate of drug-likeness (QED) is 0.640. The first-order valence-corrected chi connectivity index (χ1v) is 9.56. The number of ether oxygens (including phenoxy) is 1. The molecule has 1 aromatic carbocycles. The van der Waals surface area contributed by atoms with E-state index in [0.29, 0.717) is 12.6 Å². The van der Waals surface area contributed by atoms with Gasteiger partial charge in [-0.1, -0.05) is 31.2 Å². The van der Waals surface area contributed by atoms with Crippen molar-refractivity contribution in [2.75, 3.05) is 33.4 Å². The highest BCUT2D eigenvalue weighted by molar-refractivity contribution is 5.73. The molecule has 1 heterocycles. The van der Waals surface area contributed by atoms with E-state index in [0.717, 1.165) is 58.3 Å². The fraction of sp³-hybridized carbons (Fsp3) is 0.650. The van der Waals surface area contributed by atoms with Crippen LogP contribution in [0.2, 0.25) is 0 Å². The van der Waals surface area contributed by atoms with Crippen molar-refractivity contribution in [2.24, 2.45) is 0 Å². The van der Waals surface area contributed by atoms with E-state index in [2.05, 4.69) is 46.7 Å². The van der Waals surface area contributed by atoms with E-state index >= 15 is 0 Å². The zero-order chi connectivity index (χ0) is 17.9. The summed E-state index contributed by atoms with van der Waals surface area (Å²) >= 11 is 0. The Balaban J connectivity index is 1.67. The molecule has 0 bridgehead atoms. The molecule has 5 heteroatoms. The summed E-state index contributed by atoms with van der Waals surface area (Å²) in [6.45, 7) is 6.47. The molecule has 0 aromatic heterocycles. The number of urea groups is 1. The second-order valence-electron chi connectivity index (χ2n) is 6.74. The number of carbonyl (C=O) groups excluding carboxylic acids is 1. The fourth-order valence-corrected chi connectivity index (χ4v) is 3.38. The molecule has 0 saturated carbocycles. The van der Waals surface area contributed by atoms with Crippen LogP contribution in [0.4, 0.5) is 4.79 Å². The third-order valence-corrected chi connectivity index (χ3v) is 4.96. The Morgan fingerprint density at radius 3 is 2.76 bits per heavy atom. The van der Waals surface area contributed by atoms with E-state index < -0.39 is 0 Å². The number of hydrogen-bond acceptors (Lipinski definition) is 3. The summed E-state index contributed by atoms with van der Waals surface area (Å²) in [4.78, 5) is 14.5. The lowest BCUT2D eigenvalue weighted by molar-refractivity contribution is 0.169. The first-order valence-electron chi connectivity index (χ1n) is 9.56. The van der Waals surface area contributed by atoms with Crippen LogP contribution in [0.1, 0.15) is 43.7 Å². The predicted molar refractivity (Wildman–Crippen MR) is 102 cm³/mol. The van der Waals surface area contributed by atoms with Crippen LogP contribution in [0.3, 0.4) is 0 Å². The Bertz CT molecular complexity index is 521. The van der Waals surface area contributed by atoms with E-state index in [1.165, 1.54) is 11.1 Å². The van der Waals surface area contributed by atoms with Crippen molar-refractivity contribution in [3.8, 4) is 0 Å². The van der Waals surface area contributed by atoms with Crippen LogP contribution in [0, 0.1) is 0 Å². The molecule has 1 aliphatic heterocycles. The van der Waals surface area contributed by atoms with Crippen LogP contribution in [0.15, 0.2) is 24.3 Å². The molecule has 0 aliphatic carbocycles. The molecule has 2 rings (SSSR count). The number of nitrogens with zero attached hydrogens (tertiary/aromatic N) is 1. The number of amides is 2. The third-order valence-electron chi connectivity index (χ3n) is 4.96. The molecule has 5 nitrogen and oxygen atoms in total. The normalized spacial score (nSPS) is 15.4. The van der Waals surface area contributed by atoms with E-state index in [9.17, 15) is 4.79 Å². The monoisotopic (exact) mass is 347 g/mol. The van der Waals surface area contributed by atoms with Gasteiger partial charge in [-0.05, 0) is 43.2 Å². The van der Waals surface area contributed by atoms with Crippen LogP contribution >= 0.6 is 0 Å². The molecule has 0 fully saturated rings. The van der Waals surface area contributed by atoms with Gasteiger partial charge in [0.2, 0.25) is 0 Å². The maximum absolute atomic E-state index is 12.0. The van der Waals surface area contributed by atoms with Gasteiger partial charge >= 0.3 is 6.03 Å². The van der Waals surface area contributed by atoms with Gasteiger partial charge in [0.05, 0.1) is 0 Å². The number of rotatable bonds is 10. The molecule has 0 saturated heterocycles. The maximum Gasteiger partial charge on any atom is 0.314 e. The van der Waals surface area contributed by atoms with Gasteiger partial charge in [0.1, 0.15) is 0 Å². The van der Waals surface area contributed by atoms with E-state index in [1.807, 2.05) is 0 Å². The summed E-state index contributed by atoms with van der Waals surface area (Å²) in [6, 6.07) is 9.02. The summed E-state index contributed by atoms with van der Waals surface area (Å²) in [5.41, 5.74) is 2.89. The summed E-state index contributed by atoms with van der Waals surface area (Å²) in [6.07, 6.45) is 5.27. The van der Waals surface area contributed by atoms with Crippen molar-refractivity contribution in [3.63, 3.8) is 0 Å². The molecule has 1 atom stereocenters. The number of nitrogens with one attached hydrogen (secondary N) is 2. The third kappa shape index (κ3) is 6.67. The van der Waals surface area contributed by atoms with Gasteiger partial charge in [0.15, 0.2) is 0 Å². The largest absolute Gasteiger partial charge is 0.385 e. The summed E-state index contributed by atoms with van der Waals surface area (Å²) in [7, 11) is 1.72. The lowest BCUT2D eigenvalue weighted by Gasteiger charge is -2.35. The smallest absolute Gasteiger partial charge is 0.314 e. The molecule has 0 spiro atoms. The predicted octanol–water partition coefficient (Wildman–Crippen LogP) is 2.94. The molecule has 2 amide bonds. The number of methoxy groups -OCH3 is 1. The van der Waals surface area contributed by atoms with Crippen molar-refractivity contribution in [3.05, 3.63) is 35.4 Å². The van der Waals surface area contributed by atoms with Crippen LogP contribution in [0.25, 0.3) is 0 Å². The van der Waals surface area contributed by atoms with Crippen molar-refractivity contribution >= 4 is 6.03 Å². The van der Waals surface area contributed by atoms with Gasteiger partial charge in [0, 0.05) is 45.9 Å². The Labute approximate surface area is 152 Å². The number of hydrogen-bond donors (Lipinski definition) is 2. The first-order chi connectivity index (χ1) is 12.2. The molecular formula is C20H33N3O2. The highest BCUT2D eigenvalue weighted by Gasteiger charge is 2.22. The molecular weight excluding hydrogens is 314 g/mol. The van der Waals surface area contributed by atoms with Crippen LogP contribution < -0.4 is 10.6 Å². The zero-order valence-corrected chi connectivity index (χ0v) is 15.7.